The van der Waals surface area contributed by atoms with Crippen LogP contribution in [0.2, 0.25) is 0 Å². The van der Waals surface area contributed by atoms with Crippen LogP contribution in [0.15, 0.2) is 24.3 Å². The number of rotatable bonds is 8. The average molecular weight is 252 g/mol. The topological polar surface area (TPSA) is 55.8 Å². The summed E-state index contributed by atoms with van der Waals surface area (Å²) in [5, 5.41) is 9.12. The molecule has 1 aromatic carbocycles. The molecule has 18 heavy (non-hydrogen) atoms. The maximum absolute atomic E-state index is 11.1. The minimum atomic E-state index is -0.935. The fourth-order valence-electron chi connectivity index (χ4n) is 1.65. The van der Waals surface area contributed by atoms with E-state index in [2.05, 4.69) is 0 Å². The van der Waals surface area contributed by atoms with Crippen LogP contribution >= 0.6 is 0 Å². The van der Waals surface area contributed by atoms with Crippen LogP contribution in [0.4, 0.5) is 0 Å². The Morgan fingerprint density at radius 3 is 2.67 bits per heavy atom. The Kier molecular flexibility index (Phi) is 6.22. The van der Waals surface area contributed by atoms with Gasteiger partial charge in [-0.2, -0.15) is 0 Å². The van der Waals surface area contributed by atoms with E-state index >= 15 is 0 Å². The van der Waals surface area contributed by atoms with Crippen molar-refractivity contribution < 1.29 is 19.4 Å². The summed E-state index contributed by atoms with van der Waals surface area (Å²) < 4.78 is 10.8. The molecular weight excluding hydrogens is 232 g/mol. The van der Waals surface area contributed by atoms with Crippen molar-refractivity contribution in [2.75, 3.05) is 13.2 Å². The van der Waals surface area contributed by atoms with Gasteiger partial charge in [0.05, 0.1) is 6.61 Å². The zero-order chi connectivity index (χ0) is 13.4. The quantitative estimate of drug-likeness (QED) is 0.772. The molecule has 1 atom stereocenters. The Balaban J connectivity index is 2.76. The summed E-state index contributed by atoms with van der Waals surface area (Å²) >= 11 is 0. The lowest BCUT2D eigenvalue weighted by Crippen LogP contribution is -2.27. The molecule has 0 aromatic heterocycles. The maximum atomic E-state index is 11.1. The lowest BCUT2D eigenvalue weighted by Gasteiger charge is -2.15. The minimum Gasteiger partial charge on any atom is -0.494 e. The Labute approximate surface area is 108 Å². The van der Waals surface area contributed by atoms with E-state index in [0.29, 0.717) is 19.6 Å². The SMILES string of the molecule is CCCOC(Cc1ccccc1OCC)C(=O)O. The van der Waals surface area contributed by atoms with Gasteiger partial charge in [-0.15, -0.1) is 0 Å². The molecular formula is C14H20O4. The van der Waals surface area contributed by atoms with Crippen LogP contribution in [0.5, 0.6) is 5.75 Å². The van der Waals surface area contributed by atoms with Gasteiger partial charge in [-0.05, 0) is 25.0 Å². The van der Waals surface area contributed by atoms with Crippen molar-refractivity contribution in [3.63, 3.8) is 0 Å². The van der Waals surface area contributed by atoms with E-state index in [1.54, 1.807) is 0 Å². The first kappa shape index (κ1) is 14.5. The van der Waals surface area contributed by atoms with Gasteiger partial charge in [0.25, 0.3) is 0 Å². The van der Waals surface area contributed by atoms with E-state index in [1.807, 2.05) is 38.1 Å². The number of carboxylic acids is 1. The fourth-order valence-corrected chi connectivity index (χ4v) is 1.65. The van der Waals surface area contributed by atoms with Crippen molar-refractivity contribution in [1.29, 1.82) is 0 Å². The average Bonchev–Trinajstić information content (AvgIpc) is 2.36. The molecule has 0 spiro atoms. The summed E-state index contributed by atoms with van der Waals surface area (Å²) in [6.45, 7) is 4.87. The molecule has 4 heteroatoms. The highest BCUT2D eigenvalue weighted by atomic mass is 16.5. The summed E-state index contributed by atoms with van der Waals surface area (Å²) in [7, 11) is 0. The molecule has 0 fully saturated rings. The third-order valence-electron chi connectivity index (χ3n) is 2.48. The highest BCUT2D eigenvalue weighted by molar-refractivity contribution is 5.73. The van der Waals surface area contributed by atoms with Crippen LogP contribution < -0.4 is 4.74 Å². The second-order valence-electron chi connectivity index (χ2n) is 3.94. The lowest BCUT2D eigenvalue weighted by molar-refractivity contribution is -0.150. The minimum absolute atomic E-state index is 0.325. The van der Waals surface area contributed by atoms with Crippen LogP contribution in [-0.2, 0) is 16.0 Å². The van der Waals surface area contributed by atoms with E-state index < -0.39 is 12.1 Å². The van der Waals surface area contributed by atoms with Gasteiger partial charge < -0.3 is 14.6 Å². The first-order chi connectivity index (χ1) is 8.69. The zero-order valence-corrected chi connectivity index (χ0v) is 10.9. The number of para-hydroxylation sites is 1. The molecule has 1 N–H and O–H groups in total. The standard InChI is InChI=1S/C14H20O4/c1-3-9-18-13(14(15)16)10-11-7-5-6-8-12(11)17-4-2/h5-8,13H,3-4,9-10H2,1-2H3,(H,15,16). The van der Waals surface area contributed by atoms with Gasteiger partial charge in [-0.1, -0.05) is 25.1 Å². The Morgan fingerprint density at radius 1 is 1.33 bits per heavy atom. The van der Waals surface area contributed by atoms with Gasteiger partial charge in [0.1, 0.15) is 5.75 Å². The predicted molar refractivity (Wildman–Crippen MR) is 69.0 cm³/mol. The summed E-state index contributed by atoms with van der Waals surface area (Å²) in [6, 6.07) is 7.46. The van der Waals surface area contributed by atoms with E-state index in [9.17, 15) is 4.79 Å². The van der Waals surface area contributed by atoms with E-state index in [4.69, 9.17) is 14.6 Å². The predicted octanol–water partition coefficient (Wildman–Crippen LogP) is 2.51. The molecule has 0 amide bonds. The van der Waals surface area contributed by atoms with Gasteiger partial charge in [0, 0.05) is 13.0 Å². The largest absolute Gasteiger partial charge is 0.494 e. The molecule has 4 nitrogen and oxygen atoms in total. The van der Waals surface area contributed by atoms with Gasteiger partial charge in [0.2, 0.25) is 0 Å². The van der Waals surface area contributed by atoms with Crippen molar-refractivity contribution in [2.24, 2.45) is 0 Å². The molecule has 0 aliphatic carbocycles. The van der Waals surface area contributed by atoms with Crippen LogP contribution in [0.25, 0.3) is 0 Å². The lowest BCUT2D eigenvalue weighted by atomic mass is 10.1. The Hall–Kier alpha value is -1.55. The number of carboxylic acid groups (broad SMARTS) is 1. The Bertz CT molecular complexity index is 376. The summed E-state index contributed by atoms with van der Waals surface area (Å²) in [5.41, 5.74) is 0.864. The van der Waals surface area contributed by atoms with Gasteiger partial charge in [0.15, 0.2) is 6.10 Å². The molecule has 0 heterocycles. The number of carbonyl (C=O) groups is 1. The molecule has 0 aliphatic heterocycles. The number of hydrogen-bond acceptors (Lipinski definition) is 3. The van der Waals surface area contributed by atoms with Crippen LogP contribution in [0.3, 0.4) is 0 Å². The number of hydrogen-bond donors (Lipinski definition) is 1. The van der Waals surface area contributed by atoms with Crippen LogP contribution in [0, 0.1) is 0 Å². The number of aliphatic carboxylic acids is 1. The molecule has 1 rings (SSSR count). The van der Waals surface area contributed by atoms with E-state index in [-0.39, 0.29) is 0 Å². The molecule has 0 radical (unpaired) electrons. The number of benzene rings is 1. The third-order valence-corrected chi connectivity index (χ3v) is 2.48. The van der Waals surface area contributed by atoms with Gasteiger partial charge in [-0.25, -0.2) is 4.79 Å². The summed E-state index contributed by atoms with van der Waals surface area (Å²) in [4.78, 5) is 11.1. The molecule has 1 unspecified atom stereocenters. The first-order valence-electron chi connectivity index (χ1n) is 6.24. The van der Waals surface area contributed by atoms with Gasteiger partial charge in [-0.3, -0.25) is 0 Å². The van der Waals surface area contributed by atoms with Crippen molar-refractivity contribution in [2.45, 2.75) is 32.8 Å². The highest BCUT2D eigenvalue weighted by Crippen LogP contribution is 2.20. The van der Waals surface area contributed by atoms with E-state index in [0.717, 1.165) is 17.7 Å². The van der Waals surface area contributed by atoms with Crippen LogP contribution in [0.1, 0.15) is 25.8 Å². The summed E-state index contributed by atoms with van der Waals surface area (Å²) in [5.74, 6) is -0.207. The van der Waals surface area contributed by atoms with Crippen molar-refractivity contribution in [3.05, 3.63) is 29.8 Å². The van der Waals surface area contributed by atoms with E-state index in [1.165, 1.54) is 0 Å². The maximum Gasteiger partial charge on any atom is 0.333 e. The third kappa shape index (κ3) is 4.37. The summed E-state index contributed by atoms with van der Waals surface area (Å²) in [6.07, 6.45) is 0.314. The van der Waals surface area contributed by atoms with Crippen LogP contribution in [-0.4, -0.2) is 30.4 Å². The molecule has 1 aromatic rings. The number of ether oxygens (including phenoxy) is 2. The first-order valence-corrected chi connectivity index (χ1v) is 6.24. The fraction of sp³-hybridized carbons (Fsp3) is 0.500. The monoisotopic (exact) mass is 252 g/mol. The van der Waals surface area contributed by atoms with Gasteiger partial charge >= 0.3 is 5.97 Å². The van der Waals surface area contributed by atoms with Crippen molar-refractivity contribution in [3.8, 4) is 5.75 Å². The second-order valence-corrected chi connectivity index (χ2v) is 3.94. The molecule has 0 saturated carbocycles. The molecule has 100 valence electrons. The smallest absolute Gasteiger partial charge is 0.333 e. The Morgan fingerprint density at radius 2 is 2.06 bits per heavy atom. The molecule has 0 bridgehead atoms. The molecule has 0 aliphatic rings. The normalized spacial score (nSPS) is 12.1. The van der Waals surface area contributed by atoms with Crippen molar-refractivity contribution in [1.82, 2.24) is 0 Å². The highest BCUT2D eigenvalue weighted by Gasteiger charge is 2.20. The van der Waals surface area contributed by atoms with Crippen molar-refractivity contribution >= 4 is 5.97 Å². The zero-order valence-electron chi connectivity index (χ0n) is 10.9. The molecule has 0 saturated heterocycles. The second kappa shape index (κ2) is 7.71.